The fraction of sp³-hybridized carbons (Fsp3) is 0.615. The summed E-state index contributed by atoms with van der Waals surface area (Å²) in [6.07, 6.45) is 49.7. The van der Waals surface area contributed by atoms with Crippen LogP contribution in [0.2, 0.25) is 0 Å². The van der Waals surface area contributed by atoms with E-state index in [1.54, 1.807) is 6.08 Å². The first kappa shape index (κ1) is 40.6. The van der Waals surface area contributed by atoms with E-state index in [2.05, 4.69) is 79.9 Å². The number of hydrogen-bond acceptors (Lipinski definition) is 3. The Balaban J connectivity index is 3.88. The van der Waals surface area contributed by atoms with E-state index in [-0.39, 0.29) is 18.9 Å². The van der Waals surface area contributed by atoms with E-state index in [0.717, 1.165) is 51.4 Å². The molecule has 4 heteroatoms. The molecule has 0 bridgehead atoms. The van der Waals surface area contributed by atoms with E-state index in [4.69, 9.17) is 0 Å². The zero-order valence-corrected chi connectivity index (χ0v) is 27.7. The van der Waals surface area contributed by atoms with Gasteiger partial charge in [-0.05, 0) is 57.8 Å². The maximum Gasteiger partial charge on any atom is 0.224 e. The van der Waals surface area contributed by atoms with Gasteiger partial charge in [0, 0.05) is 6.42 Å². The predicted octanol–water partition coefficient (Wildman–Crippen LogP) is 10.2. The Morgan fingerprint density at radius 1 is 0.581 bits per heavy atom. The lowest BCUT2D eigenvalue weighted by Crippen LogP contribution is -2.44. The van der Waals surface area contributed by atoms with Crippen molar-refractivity contribution in [2.45, 2.75) is 148 Å². The monoisotopic (exact) mass is 595 g/mol. The van der Waals surface area contributed by atoms with Crippen molar-refractivity contribution in [2.24, 2.45) is 0 Å². The Labute approximate surface area is 265 Å². The van der Waals surface area contributed by atoms with Crippen molar-refractivity contribution >= 4 is 5.91 Å². The summed E-state index contributed by atoms with van der Waals surface area (Å²) in [6, 6.07) is -0.696. The van der Waals surface area contributed by atoms with E-state index in [0.29, 0.717) is 0 Å². The predicted molar refractivity (Wildman–Crippen MR) is 188 cm³/mol. The lowest BCUT2D eigenvalue weighted by atomic mass is 10.1. The Bertz CT molecular complexity index is 818. The summed E-state index contributed by atoms with van der Waals surface area (Å²) in [7, 11) is 0. The molecule has 0 radical (unpaired) electrons. The first-order valence-electron chi connectivity index (χ1n) is 17.3. The summed E-state index contributed by atoms with van der Waals surface area (Å²) in [6.45, 7) is 4.10. The Hall–Kier alpha value is -2.43. The zero-order valence-electron chi connectivity index (χ0n) is 27.7. The van der Waals surface area contributed by atoms with Crippen LogP contribution < -0.4 is 5.32 Å². The van der Waals surface area contributed by atoms with Crippen molar-refractivity contribution in [1.29, 1.82) is 0 Å². The van der Waals surface area contributed by atoms with Crippen LogP contribution >= 0.6 is 0 Å². The van der Waals surface area contributed by atoms with Crippen molar-refractivity contribution < 1.29 is 15.0 Å². The van der Waals surface area contributed by atoms with Crippen LogP contribution in [0, 0.1) is 0 Å². The quantitative estimate of drug-likeness (QED) is 0.0595. The fourth-order valence-corrected chi connectivity index (χ4v) is 4.49. The largest absolute Gasteiger partial charge is 0.394 e. The molecule has 0 aliphatic carbocycles. The Kier molecular flexibility index (Phi) is 32.1. The molecule has 1 amide bonds. The first-order valence-corrected chi connectivity index (χ1v) is 17.3. The zero-order chi connectivity index (χ0) is 31.5. The lowest BCUT2D eigenvalue weighted by Gasteiger charge is -2.19. The molecule has 0 aliphatic rings. The van der Waals surface area contributed by atoms with Gasteiger partial charge in [-0.2, -0.15) is 0 Å². The van der Waals surface area contributed by atoms with Crippen LogP contribution in [-0.2, 0) is 4.79 Å². The minimum absolute atomic E-state index is 0.206. The molecule has 0 heterocycles. The van der Waals surface area contributed by atoms with Crippen LogP contribution in [0.25, 0.3) is 0 Å². The van der Waals surface area contributed by atoms with Gasteiger partial charge in [-0.1, -0.05) is 157 Å². The van der Waals surface area contributed by atoms with Crippen molar-refractivity contribution in [3.05, 3.63) is 85.1 Å². The summed E-state index contributed by atoms with van der Waals surface area (Å²) >= 11 is 0. The average molecular weight is 596 g/mol. The third kappa shape index (κ3) is 30.8. The van der Waals surface area contributed by atoms with E-state index in [1.165, 1.54) is 64.2 Å². The first-order chi connectivity index (χ1) is 21.2. The molecule has 0 saturated heterocycles. The van der Waals surface area contributed by atoms with E-state index >= 15 is 0 Å². The number of amides is 1. The van der Waals surface area contributed by atoms with Crippen LogP contribution in [0.4, 0.5) is 0 Å². The molecule has 4 nitrogen and oxygen atoms in total. The van der Waals surface area contributed by atoms with Crippen molar-refractivity contribution in [1.82, 2.24) is 5.32 Å². The van der Waals surface area contributed by atoms with Crippen molar-refractivity contribution in [2.75, 3.05) is 6.61 Å². The smallest absolute Gasteiger partial charge is 0.224 e. The number of rotatable bonds is 29. The van der Waals surface area contributed by atoms with Gasteiger partial charge in [0.2, 0.25) is 5.91 Å². The van der Waals surface area contributed by atoms with Crippen molar-refractivity contribution in [3.8, 4) is 0 Å². The topological polar surface area (TPSA) is 69.6 Å². The molecule has 0 aromatic heterocycles. The second kappa shape index (κ2) is 34.1. The number of allylic oxidation sites excluding steroid dienone is 12. The van der Waals surface area contributed by atoms with Gasteiger partial charge in [-0.3, -0.25) is 4.79 Å². The fourth-order valence-electron chi connectivity index (χ4n) is 4.49. The third-order valence-corrected chi connectivity index (χ3v) is 7.14. The van der Waals surface area contributed by atoms with E-state index in [1.807, 2.05) is 18.2 Å². The normalized spacial score (nSPS) is 14.2. The molecule has 0 rings (SSSR count). The highest BCUT2D eigenvalue weighted by Crippen LogP contribution is 2.11. The maximum absolute atomic E-state index is 12.2. The van der Waals surface area contributed by atoms with Gasteiger partial charge in [-0.15, -0.1) is 0 Å². The van der Waals surface area contributed by atoms with Crippen LogP contribution in [-0.4, -0.2) is 34.9 Å². The van der Waals surface area contributed by atoms with Gasteiger partial charge in [0.15, 0.2) is 0 Å². The molecule has 244 valence electrons. The number of unbranched alkanes of at least 4 members (excludes halogenated alkanes) is 11. The van der Waals surface area contributed by atoms with E-state index in [9.17, 15) is 15.0 Å². The number of hydrogen-bond donors (Lipinski definition) is 3. The second-order valence-electron chi connectivity index (χ2n) is 11.2. The molecular weight excluding hydrogens is 530 g/mol. The number of carbonyl (C=O) groups is 1. The second-order valence-corrected chi connectivity index (χ2v) is 11.2. The third-order valence-electron chi connectivity index (χ3n) is 7.14. The molecule has 2 atom stereocenters. The molecule has 0 saturated carbocycles. The van der Waals surface area contributed by atoms with Crippen LogP contribution in [0.1, 0.15) is 136 Å². The molecule has 0 fully saturated rings. The molecule has 0 aromatic carbocycles. The average Bonchev–Trinajstić information content (AvgIpc) is 3.01. The standard InChI is InChI=1S/C39H65NO3/c1-3-5-7-9-11-13-15-17-19-21-22-24-26-28-30-32-34-38(42)37(36-41)40-39(43)35-33-31-29-27-25-23-20-18-16-14-12-10-8-6-4-2/h6,8,12,14,18,20,24-27,31-34,37-38,41-42H,3-5,7,9-11,13,15-17,19,21-23,28-30,35-36H2,1-2H3,(H,40,43)/b8-6-,14-12-,20-18-,26-24+,27-25-,33-31-,34-32+. The summed E-state index contributed by atoms with van der Waals surface area (Å²) in [5.74, 6) is -0.206. The number of nitrogens with one attached hydrogen (secondary N) is 1. The van der Waals surface area contributed by atoms with Gasteiger partial charge < -0.3 is 15.5 Å². The highest BCUT2D eigenvalue weighted by molar-refractivity contribution is 5.77. The lowest BCUT2D eigenvalue weighted by molar-refractivity contribution is -0.122. The molecular formula is C39H65NO3. The number of aliphatic hydroxyl groups is 2. The molecule has 0 aliphatic heterocycles. The summed E-state index contributed by atoms with van der Waals surface area (Å²) < 4.78 is 0. The number of carbonyl (C=O) groups excluding carboxylic acids is 1. The summed E-state index contributed by atoms with van der Waals surface area (Å²) in [4.78, 5) is 12.2. The van der Waals surface area contributed by atoms with Gasteiger partial charge in [0.25, 0.3) is 0 Å². The minimum atomic E-state index is -0.905. The van der Waals surface area contributed by atoms with Gasteiger partial charge in [0.1, 0.15) is 0 Å². The molecule has 3 N–H and O–H groups in total. The maximum atomic E-state index is 12.2. The van der Waals surface area contributed by atoms with Crippen LogP contribution in [0.5, 0.6) is 0 Å². The van der Waals surface area contributed by atoms with Crippen LogP contribution in [0.3, 0.4) is 0 Å². The van der Waals surface area contributed by atoms with Gasteiger partial charge in [-0.25, -0.2) is 0 Å². The highest BCUT2D eigenvalue weighted by Gasteiger charge is 2.17. The summed E-state index contributed by atoms with van der Waals surface area (Å²) in [5, 5.41) is 22.7. The van der Waals surface area contributed by atoms with Gasteiger partial charge in [0.05, 0.1) is 18.8 Å². The Morgan fingerprint density at radius 3 is 1.58 bits per heavy atom. The molecule has 2 unspecified atom stereocenters. The molecule has 0 aromatic rings. The molecule has 0 spiro atoms. The minimum Gasteiger partial charge on any atom is -0.394 e. The SMILES string of the molecule is CC/C=C\C/C=C\C/C=C\C/C=C\C/C=C\CC(=O)NC(CO)C(O)/C=C/CC/C=C/CCCCCCCCCCCC. The van der Waals surface area contributed by atoms with Crippen LogP contribution in [0.15, 0.2) is 85.1 Å². The molecule has 43 heavy (non-hydrogen) atoms. The Morgan fingerprint density at radius 2 is 1.05 bits per heavy atom. The van der Waals surface area contributed by atoms with Crippen molar-refractivity contribution in [3.63, 3.8) is 0 Å². The van der Waals surface area contributed by atoms with E-state index < -0.39 is 12.1 Å². The van der Waals surface area contributed by atoms with Gasteiger partial charge >= 0.3 is 0 Å². The highest BCUT2D eigenvalue weighted by atomic mass is 16.3. The summed E-state index contributed by atoms with van der Waals surface area (Å²) in [5.41, 5.74) is 0. The number of aliphatic hydroxyl groups excluding tert-OH is 2.